The van der Waals surface area contributed by atoms with E-state index in [1.54, 1.807) is 14.2 Å². The molecular formula is C16H25NO3. The largest absolute Gasteiger partial charge is 0.497 e. The van der Waals surface area contributed by atoms with E-state index in [2.05, 4.69) is 17.4 Å². The third-order valence-corrected chi connectivity index (χ3v) is 3.89. The van der Waals surface area contributed by atoms with Crippen molar-refractivity contribution in [2.45, 2.75) is 31.4 Å². The van der Waals surface area contributed by atoms with Gasteiger partial charge >= 0.3 is 0 Å². The first-order chi connectivity index (χ1) is 9.80. The quantitative estimate of drug-likeness (QED) is 0.778. The van der Waals surface area contributed by atoms with E-state index in [-0.39, 0.29) is 12.1 Å². The molecule has 0 fully saturated rings. The molecule has 20 heavy (non-hydrogen) atoms. The summed E-state index contributed by atoms with van der Waals surface area (Å²) in [5.41, 5.74) is 2.69. The molecule has 1 aromatic rings. The lowest BCUT2D eigenvalue weighted by Crippen LogP contribution is -2.36. The second-order valence-electron chi connectivity index (χ2n) is 5.13. The fraction of sp³-hybridized carbons (Fsp3) is 0.625. The fourth-order valence-corrected chi connectivity index (χ4v) is 2.84. The van der Waals surface area contributed by atoms with Crippen LogP contribution in [0.4, 0.5) is 0 Å². The summed E-state index contributed by atoms with van der Waals surface area (Å²) in [6, 6.07) is 6.56. The molecule has 0 amide bonds. The second kappa shape index (κ2) is 7.62. The topological polar surface area (TPSA) is 39.7 Å². The van der Waals surface area contributed by atoms with Gasteiger partial charge in [0.05, 0.1) is 19.3 Å². The zero-order valence-corrected chi connectivity index (χ0v) is 12.6. The average molecular weight is 279 g/mol. The van der Waals surface area contributed by atoms with Crippen molar-refractivity contribution in [3.8, 4) is 5.75 Å². The first-order valence-corrected chi connectivity index (χ1v) is 7.24. The Morgan fingerprint density at radius 2 is 2.10 bits per heavy atom. The number of hydrogen-bond acceptors (Lipinski definition) is 4. The van der Waals surface area contributed by atoms with Gasteiger partial charge in [-0.3, -0.25) is 0 Å². The van der Waals surface area contributed by atoms with Crippen molar-refractivity contribution in [3.05, 3.63) is 29.3 Å². The monoisotopic (exact) mass is 279 g/mol. The zero-order valence-electron chi connectivity index (χ0n) is 12.6. The molecule has 1 aromatic carbocycles. The van der Waals surface area contributed by atoms with Crippen LogP contribution in [0.25, 0.3) is 0 Å². The summed E-state index contributed by atoms with van der Waals surface area (Å²) in [4.78, 5) is 0. The van der Waals surface area contributed by atoms with Crippen LogP contribution in [0.1, 0.15) is 30.0 Å². The molecule has 2 atom stereocenters. The van der Waals surface area contributed by atoms with E-state index in [4.69, 9.17) is 14.2 Å². The van der Waals surface area contributed by atoms with Crippen LogP contribution in [-0.4, -0.2) is 40.6 Å². The average Bonchev–Trinajstić information content (AvgIpc) is 2.50. The molecule has 0 heterocycles. The molecule has 112 valence electrons. The zero-order chi connectivity index (χ0) is 14.4. The predicted octanol–water partition coefficient (Wildman–Crippen LogP) is 2.32. The van der Waals surface area contributed by atoms with Gasteiger partial charge in [0.15, 0.2) is 0 Å². The van der Waals surface area contributed by atoms with Crippen molar-refractivity contribution in [2.75, 3.05) is 34.5 Å². The fourth-order valence-electron chi connectivity index (χ4n) is 2.84. The summed E-state index contributed by atoms with van der Waals surface area (Å²) in [6.07, 6.45) is 3.27. The third-order valence-electron chi connectivity index (χ3n) is 3.89. The minimum atomic E-state index is 0.219. The Hall–Kier alpha value is -1.10. The lowest BCUT2D eigenvalue weighted by Gasteiger charge is -2.33. The van der Waals surface area contributed by atoms with Crippen molar-refractivity contribution >= 4 is 0 Å². The molecule has 0 aromatic heterocycles. The van der Waals surface area contributed by atoms with E-state index < -0.39 is 0 Å². The molecule has 0 saturated carbocycles. The van der Waals surface area contributed by atoms with E-state index in [1.165, 1.54) is 11.1 Å². The third kappa shape index (κ3) is 3.51. The van der Waals surface area contributed by atoms with Gasteiger partial charge in [-0.2, -0.15) is 0 Å². The molecule has 0 saturated heterocycles. The second-order valence-corrected chi connectivity index (χ2v) is 5.13. The number of fused-ring (bicyclic) bond motifs is 1. The molecule has 2 rings (SSSR count). The van der Waals surface area contributed by atoms with E-state index in [1.807, 2.05) is 13.1 Å². The molecule has 2 unspecified atom stereocenters. The maximum absolute atomic E-state index is 6.04. The molecule has 0 bridgehead atoms. The first kappa shape index (κ1) is 15.3. The summed E-state index contributed by atoms with van der Waals surface area (Å²) in [6.45, 7) is 1.50. The summed E-state index contributed by atoms with van der Waals surface area (Å²) < 4.78 is 16.4. The minimum Gasteiger partial charge on any atom is -0.497 e. The van der Waals surface area contributed by atoms with Gasteiger partial charge in [-0.05, 0) is 49.6 Å². The van der Waals surface area contributed by atoms with Crippen LogP contribution in [0.15, 0.2) is 18.2 Å². The Bertz CT molecular complexity index is 422. The summed E-state index contributed by atoms with van der Waals surface area (Å²) >= 11 is 0. The summed E-state index contributed by atoms with van der Waals surface area (Å²) in [7, 11) is 5.42. The Morgan fingerprint density at radius 3 is 2.80 bits per heavy atom. The number of ether oxygens (including phenoxy) is 3. The van der Waals surface area contributed by atoms with Gasteiger partial charge < -0.3 is 19.5 Å². The standard InChI is InChI=1S/C16H25NO3/c1-17-16-14-11-13(19-3)7-5-12(14)6-8-15(16)20-10-4-9-18-2/h5,7,11,15-17H,4,6,8-10H2,1-3H3. The Morgan fingerprint density at radius 1 is 1.25 bits per heavy atom. The number of benzene rings is 1. The van der Waals surface area contributed by atoms with E-state index in [0.717, 1.165) is 38.2 Å². The van der Waals surface area contributed by atoms with Gasteiger partial charge in [-0.1, -0.05) is 6.07 Å². The molecule has 0 aliphatic heterocycles. The minimum absolute atomic E-state index is 0.219. The van der Waals surface area contributed by atoms with Crippen molar-refractivity contribution in [2.24, 2.45) is 0 Å². The van der Waals surface area contributed by atoms with Gasteiger partial charge in [0.2, 0.25) is 0 Å². The lowest BCUT2D eigenvalue weighted by atomic mass is 9.85. The molecule has 1 N–H and O–H groups in total. The van der Waals surface area contributed by atoms with Crippen LogP contribution >= 0.6 is 0 Å². The predicted molar refractivity (Wildman–Crippen MR) is 79.3 cm³/mol. The van der Waals surface area contributed by atoms with Crippen LogP contribution in [0.5, 0.6) is 5.75 Å². The van der Waals surface area contributed by atoms with Crippen molar-refractivity contribution in [3.63, 3.8) is 0 Å². The lowest BCUT2D eigenvalue weighted by molar-refractivity contribution is 0.00824. The highest BCUT2D eigenvalue weighted by Crippen LogP contribution is 2.34. The van der Waals surface area contributed by atoms with Crippen LogP contribution in [0, 0.1) is 0 Å². The highest BCUT2D eigenvalue weighted by Gasteiger charge is 2.29. The first-order valence-electron chi connectivity index (χ1n) is 7.24. The van der Waals surface area contributed by atoms with E-state index >= 15 is 0 Å². The molecular weight excluding hydrogens is 254 g/mol. The number of methoxy groups -OCH3 is 2. The highest BCUT2D eigenvalue weighted by molar-refractivity contribution is 5.40. The Balaban J connectivity index is 2.06. The smallest absolute Gasteiger partial charge is 0.119 e. The van der Waals surface area contributed by atoms with E-state index in [0.29, 0.717) is 0 Å². The maximum Gasteiger partial charge on any atom is 0.119 e. The number of rotatable bonds is 7. The maximum atomic E-state index is 6.04. The van der Waals surface area contributed by atoms with Gasteiger partial charge in [0.25, 0.3) is 0 Å². The van der Waals surface area contributed by atoms with Crippen LogP contribution < -0.4 is 10.1 Å². The van der Waals surface area contributed by atoms with Crippen molar-refractivity contribution in [1.29, 1.82) is 0 Å². The molecule has 4 heteroatoms. The molecule has 1 aliphatic rings. The molecule has 0 radical (unpaired) electrons. The van der Waals surface area contributed by atoms with Gasteiger partial charge in [0, 0.05) is 20.3 Å². The number of nitrogens with one attached hydrogen (secondary N) is 1. The SMILES string of the molecule is CNC1c2cc(OC)ccc2CCC1OCCCOC. The van der Waals surface area contributed by atoms with E-state index in [9.17, 15) is 0 Å². The van der Waals surface area contributed by atoms with Crippen LogP contribution in [0.2, 0.25) is 0 Å². The highest BCUT2D eigenvalue weighted by atomic mass is 16.5. The Labute approximate surface area is 121 Å². The normalized spacial score (nSPS) is 21.6. The molecule has 4 nitrogen and oxygen atoms in total. The Kier molecular flexibility index (Phi) is 5.83. The van der Waals surface area contributed by atoms with Crippen LogP contribution in [-0.2, 0) is 15.9 Å². The van der Waals surface area contributed by atoms with Gasteiger partial charge in [0.1, 0.15) is 5.75 Å². The molecule has 0 spiro atoms. The summed E-state index contributed by atoms with van der Waals surface area (Å²) in [5, 5.41) is 3.39. The van der Waals surface area contributed by atoms with Crippen molar-refractivity contribution in [1.82, 2.24) is 5.32 Å². The van der Waals surface area contributed by atoms with Gasteiger partial charge in [-0.25, -0.2) is 0 Å². The van der Waals surface area contributed by atoms with Crippen molar-refractivity contribution < 1.29 is 14.2 Å². The summed E-state index contributed by atoms with van der Waals surface area (Å²) in [5.74, 6) is 0.907. The number of likely N-dealkylation sites (N-methyl/N-ethyl adjacent to an activating group) is 1. The van der Waals surface area contributed by atoms with Crippen LogP contribution in [0.3, 0.4) is 0 Å². The van der Waals surface area contributed by atoms with Gasteiger partial charge in [-0.15, -0.1) is 0 Å². The molecule has 1 aliphatic carbocycles. The number of hydrogen-bond donors (Lipinski definition) is 1. The number of aryl methyl sites for hydroxylation is 1.